The molecule has 0 radical (unpaired) electrons. The Kier molecular flexibility index (Phi) is 9.64. The lowest BCUT2D eigenvalue weighted by Crippen LogP contribution is -2.40. The van der Waals surface area contributed by atoms with Crippen molar-refractivity contribution in [3.05, 3.63) is 133 Å². The van der Waals surface area contributed by atoms with E-state index in [4.69, 9.17) is 30.9 Å². The van der Waals surface area contributed by atoms with Crippen molar-refractivity contribution in [2.75, 3.05) is 30.7 Å². The minimum Gasteiger partial charge on any atom is -0.381 e. The fraction of sp³-hybridized carbons (Fsp3) is 0.349. The summed E-state index contributed by atoms with van der Waals surface area (Å²) in [6.07, 6.45) is 6.63. The Balaban J connectivity index is 1.10. The molecule has 1 amide bonds. The molecule has 2 N–H and O–H groups in total. The van der Waals surface area contributed by atoms with Gasteiger partial charge in [0.15, 0.2) is 11.6 Å². The van der Waals surface area contributed by atoms with Gasteiger partial charge in [0.2, 0.25) is 10.0 Å². The second kappa shape index (κ2) is 14.9. The molecule has 10 rings (SSSR count). The predicted molar refractivity (Wildman–Crippen MR) is 230 cm³/mol. The monoisotopic (exact) mass is 896 g/mol. The molecule has 0 spiro atoms. The first-order valence-corrected chi connectivity index (χ1v) is 22.9. The number of aryl methyl sites for hydroxylation is 2. The molecule has 2 fully saturated rings. The third-order valence-electron chi connectivity index (χ3n) is 12.5. The third kappa shape index (κ3) is 6.80. The molecular formula is C43H42ClFN10O7S. The van der Waals surface area contributed by atoms with Gasteiger partial charge in [0.1, 0.15) is 22.6 Å². The first-order chi connectivity index (χ1) is 30.1. The Bertz CT molecular complexity index is 3190. The number of fused-ring (bicyclic) bond motifs is 2. The Labute approximate surface area is 364 Å². The van der Waals surface area contributed by atoms with E-state index in [1.54, 1.807) is 73.4 Å². The summed E-state index contributed by atoms with van der Waals surface area (Å²) in [5.74, 6) is -0.815. The molecule has 1 aliphatic carbocycles. The number of hydrogen-bond donors (Lipinski definition) is 2. The molecule has 20 heteroatoms. The van der Waals surface area contributed by atoms with Crippen LogP contribution >= 0.6 is 11.6 Å². The minimum absolute atomic E-state index is 0.0501. The number of benzene rings is 2. The number of carbonyl (C=O) groups is 1. The van der Waals surface area contributed by atoms with E-state index in [1.165, 1.54) is 14.0 Å². The highest BCUT2D eigenvalue weighted by Gasteiger charge is 2.59. The van der Waals surface area contributed by atoms with Crippen LogP contribution in [0.5, 0.6) is 0 Å². The minimum atomic E-state index is -3.53. The number of carbonyl (C=O) groups excluding carboxylic acids is 1. The fourth-order valence-electron chi connectivity index (χ4n) is 9.32. The number of alkyl halides is 1. The molecule has 5 aromatic heterocycles. The molecule has 0 bridgehead atoms. The maximum absolute atomic E-state index is 15.3. The average molecular weight is 897 g/mol. The lowest BCUT2D eigenvalue weighted by Gasteiger charge is -2.33. The van der Waals surface area contributed by atoms with Gasteiger partial charge in [0.05, 0.1) is 39.9 Å². The number of hydrogen-bond acceptors (Lipinski definition) is 10. The summed E-state index contributed by atoms with van der Waals surface area (Å²) in [5.41, 5.74) is 2.80. The molecule has 17 nitrogen and oxygen atoms in total. The van der Waals surface area contributed by atoms with Crippen molar-refractivity contribution in [3.8, 4) is 17.2 Å². The van der Waals surface area contributed by atoms with Gasteiger partial charge in [-0.05, 0) is 105 Å². The molecule has 7 heterocycles. The highest BCUT2D eigenvalue weighted by atomic mass is 35.5. The van der Waals surface area contributed by atoms with Crippen LogP contribution in [0, 0.1) is 25.6 Å². The van der Waals surface area contributed by atoms with E-state index >= 15 is 9.18 Å². The summed E-state index contributed by atoms with van der Waals surface area (Å²) in [5, 5.41) is 9.08. The van der Waals surface area contributed by atoms with Crippen molar-refractivity contribution in [1.29, 1.82) is 0 Å². The lowest BCUT2D eigenvalue weighted by molar-refractivity contribution is 0.0709. The molecule has 326 valence electrons. The topological polar surface area (TPSA) is 197 Å². The van der Waals surface area contributed by atoms with E-state index < -0.39 is 38.4 Å². The summed E-state index contributed by atoms with van der Waals surface area (Å²) in [6, 6.07) is 15.3. The van der Waals surface area contributed by atoms with Gasteiger partial charge in [-0.2, -0.15) is 5.10 Å². The van der Waals surface area contributed by atoms with Gasteiger partial charge >= 0.3 is 11.4 Å². The Morgan fingerprint density at radius 1 is 1.00 bits per heavy atom. The van der Waals surface area contributed by atoms with Crippen molar-refractivity contribution in [1.82, 2.24) is 43.5 Å². The molecule has 1 saturated carbocycles. The van der Waals surface area contributed by atoms with Crippen LogP contribution in [0.3, 0.4) is 0 Å². The van der Waals surface area contributed by atoms with Crippen LogP contribution in [0.2, 0.25) is 0 Å². The van der Waals surface area contributed by atoms with Gasteiger partial charge in [-0.15, -0.1) is 0 Å². The highest BCUT2D eigenvalue weighted by Crippen LogP contribution is 2.56. The molecule has 2 aliphatic heterocycles. The number of imidazole rings is 1. The molecule has 3 atom stereocenters. The maximum atomic E-state index is 15.3. The Hall–Kier alpha value is -6.31. The van der Waals surface area contributed by atoms with Crippen LogP contribution in [0.4, 0.5) is 10.1 Å². The number of aromatic amines is 1. The standard InChI is InChI=1S/C43H42ClFN10O7S/c1-23-19-29(20-24(2)36(23)45)55-38(53-16-15-51(42(53)58)28-7-5-27(6-8-28)50-63(4,59)60)35-31(48-55)11-14-52(37(35)44)39(56)34-21-32-33(10-9-30(46-32)26-12-17-61-18-13-26)54(34)43(22-25(43)3)40-47-41(57)62-49-40/h5-10,15-16,19-21,25-26,37,50H,11-14,17-18,22H2,1-4H3,(H,47,49,57)/t25-,37+,43-/m0/s1. The number of rotatable bonds is 9. The van der Waals surface area contributed by atoms with E-state index in [0.29, 0.717) is 75.9 Å². The van der Waals surface area contributed by atoms with E-state index in [1.807, 2.05) is 23.6 Å². The zero-order valence-corrected chi connectivity index (χ0v) is 36.2. The molecule has 63 heavy (non-hydrogen) atoms. The van der Waals surface area contributed by atoms with Crippen molar-refractivity contribution in [2.24, 2.45) is 5.92 Å². The van der Waals surface area contributed by atoms with Gasteiger partial charge in [-0.25, -0.2) is 27.1 Å². The van der Waals surface area contributed by atoms with E-state index in [-0.39, 0.29) is 42.1 Å². The number of nitrogens with zero attached hydrogens (tertiary/aromatic N) is 8. The summed E-state index contributed by atoms with van der Waals surface area (Å²) in [6.45, 7) is 6.74. The normalized spacial score (nSPS) is 20.3. The van der Waals surface area contributed by atoms with Gasteiger partial charge < -0.3 is 14.2 Å². The van der Waals surface area contributed by atoms with Gasteiger partial charge in [-0.3, -0.25) is 33.1 Å². The first-order valence-electron chi connectivity index (χ1n) is 20.5. The summed E-state index contributed by atoms with van der Waals surface area (Å²) in [7, 11) is -3.53. The zero-order chi connectivity index (χ0) is 44.1. The van der Waals surface area contributed by atoms with Crippen LogP contribution in [-0.4, -0.2) is 83.8 Å². The number of aromatic nitrogens is 8. The molecule has 0 unspecified atom stereocenters. The number of sulfonamides is 1. The lowest BCUT2D eigenvalue weighted by atomic mass is 9.96. The summed E-state index contributed by atoms with van der Waals surface area (Å²) in [4.78, 5) is 51.5. The van der Waals surface area contributed by atoms with Gasteiger partial charge in [0, 0.05) is 55.9 Å². The summed E-state index contributed by atoms with van der Waals surface area (Å²) < 4.78 is 57.9. The first kappa shape index (κ1) is 40.7. The van der Waals surface area contributed by atoms with E-state index in [2.05, 4.69) is 14.9 Å². The molecular weight excluding hydrogens is 855 g/mol. The van der Waals surface area contributed by atoms with Crippen LogP contribution in [0.15, 0.2) is 81.1 Å². The highest BCUT2D eigenvalue weighted by molar-refractivity contribution is 7.92. The smallest absolute Gasteiger partial charge is 0.381 e. The van der Waals surface area contributed by atoms with Crippen molar-refractivity contribution < 1.29 is 26.9 Å². The van der Waals surface area contributed by atoms with Crippen molar-refractivity contribution in [3.63, 3.8) is 0 Å². The Morgan fingerprint density at radius 2 is 1.70 bits per heavy atom. The Morgan fingerprint density at radius 3 is 2.35 bits per heavy atom. The maximum Gasteiger partial charge on any atom is 0.438 e. The number of anilines is 1. The fourth-order valence-corrected chi connectivity index (χ4v) is 10.3. The molecule has 2 aromatic carbocycles. The van der Waals surface area contributed by atoms with Crippen molar-refractivity contribution in [2.45, 2.75) is 63.4 Å². The number of H-pyrrole nitrogens is 1. The largest absolute Gasteiger partial charge is 0.438 e. The third-order valence-corrected chi connectivity index (χ3v) is 13.6. The number of ether oxygens (including phenoxy) is 1. The SMILES string of the molecule is Cc1cc(-n2nc3c(c2-n2ccn(-c4ccc(NS(C)(=O)=O)cc4)c2=O)[C@H](Cl)N(C(=O)c2cc4nc(C5CCOCC5)ccc4n2[C@@]2(c4noc(=O)[nH]4)C[C@@H]2C)CC3)cc(C)c1F. The number of nitrogens with one attached hydrogen (secondary N) is 2. The molecule has 7 aromatic rings. The predicted octanol–water partition coefficient (Wildman–Crippen LogP) is 5.58. The number of amides is 1. The summed E-state index contributed by atoms with van der Waals surface area (Å²) >= 11 is 7.51. The van der Waals surface area contributed by atoms with Crippen LogP contribution in [-0.2, 0) is 26.7 Å². The second-order valence-electron chi connectivity index (χ2n) is 16.7. The quantitative estimate of drug-likeness (QED) is 0.136. The van der Waals surface area contributed by atoms with Crippen LogP contribution < -0.4 is 16.2 Å². The van der Waals surface area contributed by atoms with Gasteiger partial charge in [-0.1, -0.05) is 23.7 Å². The number of halogens is 2. The number of pyridine rings is 1. The van der Waals surface area contributed by atoms with E-state index in [0.717, 1.165) is 24.8 Å². The zero-order valence-electron chi connectivity index (χ0n) is 34.6. The molecule has 1 saturated heterocycles. The van der Waals surface area contributed by atoms with Crippen LogP contribution in [0.1, 0.15) is 82.0 Å². The second-order valence-corrected chi connectivity index (χ2v) is 18.8. The average Bonchev–Trinajstić information content (AvgIpc) is 3.75. The van der Waals surface area contributed by atoms with Crippen molar-refractivity contribution >= 4 is 44.3 Å². The van der Waals surface area contributed by atoms with Gasteiger partial charge in [0.25, 0.3) is 5.91 Å². The molecule has 3 aliphatic rings. The van der Waals surface area contributed by atoms with E-state index in [9.17, 15) is 18.0 Å². The van der Waals surface area contributed by atoms with Crippen LogP contribution in [0.25, 0.3) is 28.2 Å².